The summed E-state index contributed by atoms with van der Waals surface area (Å²) in [5.41, 5.74) is 7.14. The lowest BCUT2D eigenvalue weighted by Gasteiger charge is -2.29. The molecule has 1 unspecified atom stereocenters. The van der Waals surface area contributed by atoms with E-state index in [1.54, 1.807) is 7.11 Å². The van der Waals surface area contributed by atoms with E-state index >= 15 is 0 Å². The summed E-state index contributed by atoms with van der Waals surface area (Å²) in [5, 5.41) is 3.54. The van der Waals surface area contributed by atoms with Gasteiger partial charge in [0.25, 0.3) is 0 Å². The van der Waals surface area contributed by atoms with Crippen molar-refractivity contribution in [3.8, 4) is 0 Å². The molecule has 0 heterocycles. The van der Waals surface area contributed by atoms with Gasteiger partial charge in [0.2, 0.25) is 0 Å². The van der Waals surface area contributed by atoms with E-state index in [9.17, 15) is 0 Å². The van der Waals surface area contributed by atoms with Crippen LogP contribution in [0.5, 0.6) is 0 Å². The second-order valence-electron chi connectivity index (χ2n) is 4.70. The summed E-state index contributed by atoms with van der Waals surface area (Å²) in [7, 11) is 1.73. The van der Waals surface area contributed by atoms with Gasteiger partial charge in [0.05, 0.1) is 0 Å². The molecule has 1 atom stereocenters. The molecule has 0 aliphatic rings. The summed E-state index contributed by atoms with van der Waals surface area (Å²) in [5.74, 6) is 0. The molecular formula is C14H24N2O. The minimum absolute atomic E-state index is 0.00558. The quantitative estimate of drug-likeness (QED) is 0.678. The summed E-state index contributed by atoms with van der Waals surface area (Å²) >= 11 is 0. The van der Waals surface area contributed by atoms with Crippen molar-refractivity contribution in [2.75, 3.05) is 20.3 Å². The maximum absolute atomic E-state index is 5.85. The first-order valence-corrected chi connectivity index (χ1v) is 6.18. The predicted molar refractivity (Wildman–Crippen MR) is 71.9 cm³/mol. The number of benzene rings is 1. The second kappa shape index (κ2) is 7.43. The van der Waals surface area contributed by atoms with Crippen molar-refractivity contribution in [2.24, 2.45) is 5.73 Å². The molecule has 96 valence electrons. The van der Waals surface area contributed by atoms with Crippen LogP contribution in [0.1, 0.15) is 25.3 Å². The van der Waals surface area contributed by atoms with Crippen LogP contribution in [0.3, 0.4) is 0 Å². The van der Waals surface area contributed by atoms with E-state index < -0.39 is 0 Å². The Balaban J connectivity index is 2.40. The fraction of sp³-hybridized carbons (Fsp3) is 0.571. The van der Waals surface area contributed by atoms with Crippen molar-refractivity contribution in [1.82, 2.24) is 5.32 Å². The molecular weight excluding hydrogens is 212 g/mol. The molecule has 0 aliphatic carbocycles. The first kappa shape index (κ1) is 14.2. The van der Waals surface area contributed by atoms with Crippen molar-refractivity contribution in [1.29, 1.82) is 0 Å². The number of ether oxygens (including phenoxy) is 1. The third kappa shape index (κ3) is 5.31. The van der Waals surface area contributed by atoms with E-state index in [4.69, 9.17) is 10.5 Å². The van der Waals surface area contributed by atoms with Gasteiger partial charge in [-0.25, -0.2) is 0 Å². The zero-order valence-electron chi connectivity index (χ0n) is 10.9. The number of methoxy groups -OCH3 is 1. The van der Waals surface area contributed by atoms with E-state index in [2.05, 4.69) is 36.5 Å². The van der Waals surface area contributed by atoms with Crippen LogP contribution in [0.4, 0.5) is 0 Å². The van der Waals surface area contributed by atoms with Crippen LogP contribution in [0.25, 0.3) is 0 Å². The molecule has 0 bridgehead atoms. The Hall–Kier alpha value is -0.900. The minimum atomic E-state index is -0.00558. The standard InChI is InChI=1S/C14H24N2O/c1-14(12-15,9-6-10-17-2)16-11-13-7-4-3-5-8-13/h3-5,7-8,16H,6,9-12,15H2,1-2H3. The minimum Gasteiger partial charge on any atom is -0.385 e. The Morgan fingerprint density at radius 3 is 2.59 bits per heavy atom. The summed E-state index contributed by atoms with van der Waals surface area (Å²) < 4.78 is 5.08. The van der Waals surface area contributed by atoms with Crippen molar-refractivity contribution in [3.05, 3.63) is 35.9 Å². The van der Waals surface area contributed by atoms with Gasteiger partial charge in [-0.05, 0) is 25.3 Å². The highest BCUT2D eigenvalue weighted by atomic mass is 16.5. The lowest BCUT2D eigenvalue weighted by atomic mass is 9.95. The molecule has 1 aromatic carbocycles. The van der Waals surface area contributed by atoms with Gasteiger partial charge in [-0.15, -0.1) is 0 Å². The van der Waals surface area contributed by atoms with Gasteiger partial charge in [0, 0.05) is 32.3 Å². The van der Waals surface area contributed by atoms with Gasteiger partial charge >= 0.3 is 0 Å². The number of hydrogen-bond acceptors (Lipinski definition) is 3. The monoisotopic (exact) mass is 236 g/mol. The van der Waals surface area contributed by atoms with Gasteiger partial charge in [-0.1, -0.05) is 30.3 Å². The molecule has 0 amide bonds. The average Bonchev–Trinajstić information content (AvgIpc) is 2.38. The molecule has 3 nitrogen and oxygen atoms in total. The van der Waals surface area contributed by atoms with E-state index in [0.29, 0.717) is 6.54 Å². The normalized spacial score (nSPS) is 14.5. The number of nitrogens with one attached hydrogen (secondary N) is 1. The Morgan fingerprint density at radius 1 is 1.29 bits per heavy atom. The predicted octanol–water partition coefficient (Wildman–Crippen LogP) is 1.92. The van der Waals surface area contributed by atoms with Crippen LogP contribution in [0, 0.1) is 0 Å². The van der Waals surface area contributed by atoms with Crippen LogP contribution in [0.2, 0.25) is 0 Å². The molecule has 17 heavy (non-hydrogen) atoms. The van der Waals surface area contributed by atoms with Crippen molar-refractivity contribution >= 4 is 0 Å². The molecule has 1 rings (SSSR count). The van der Waals surface area contributed by atoms with Crippen molar-refractivity contribution in [3.63, 3.8) is 0 Å². The van der Waals surface area contributed by atoms with Crippen LogP contribution < -0.4 is 11.1 Å². The molecule has 0 aliphatic heterocycles. The molecule has 0 spiro atoms. The van der Waals surface area contributed by atoms with E-state index in [-0.39, 0.29) is 5.54 Å². The highest BCUT2D eigenvalue weighted by Gasteiger charge is 2.20. The third-order valence-corrected chi connectivity index (χ3v) is 3.09. The fourth-order valence-electron chi connectivity index (χ4n) is 1.78. The molecule has 3 N–H and O–H groups in total. The van der Waals surface area contributed by atoms with Crippen molar-refractivity contribution < 1.29 is 4.74 Å². The molecule has 3 heteroatoms. The maximum atomic E-state index is 5.85. The van der Waals surface area contributed by atoms with Crippen LogP contribution in [0.15, 0.2) is 30.3 Å². The van der Waals surface area contributed by atoms with E-state index in [1.807, 2.05) is 6.07 Å². The Bertz CT molecular complexity index is 302. The average molecular weight is 236 g/mol. The van der Waals surface area contributed by atoms with Gasteiger partial charge in [0.1, 0.15) is 0 Å². The lowest BCUT2D eigenvalue weighted by molar-refractivity contribution is 0.179. The third-order valence-electron chi connectivity index (χ3n) is 3.09. The number of rotatable bonds is 8. The maximum Gasteiger partial charge on any atom is 0.0462 e. The van der Waals surface area contributed by atoms with Crippen LogP contribution in [-0.2, 0) is 11.3 Å². The highest BCUT2D eigenvalue weighted by Crippen LogP contribution is 2.12. The summed E-state index contributed by atoms with van der Waals surface area (Å²) in [6.07, 6.45) is 2.07. The van der Waals surface area contributed by atoms with Gasteiger partial charge < -0.3 is 15.8 Å². The largest absolute Gasteiger partial charge is 0.385 e. The second-order valence-corrected chi connectivity index (χ2v) is 4.70. The first-order chi connectivity index (χ1) is 8.20. The SMILES string of the molecule is COCCCC(C)(CN)NCc1ccccc1. The first-order valence-electron chi connectivity index (χ1n) is 6.18. The highest BCUT2D eigenvalue weighted by molar-refractivity contribution is 5.14. The van der Waals surface area contributed by atoms with Crippen LogP contribution >= 0.6 is 0 Å². The molecule has 0 saturated heterocycles. The molecule has 1 aromatic rings. The van der Waals surface area contributed by atoms with Crippen molar-refractivity contribution in [2.45, 2.75) is 31.8 Å². The summed E-state index contributed by atoms with van der Waals surface area (Å²) in [6, 6.07) is 10.4. The molecule has 0 radical (unpaired) electrons. The smallest absolute Gasteiger partial charge is 0.0462 e. The van der Waals surface area contributed by atoms with Gasteiger partial charge in [0.15, 0.2) is 0 Å². The zero-order chi connectivity index (χ0) is 12.6. The van der Waals surface area contributed by atoms with Gasteiger partial charge in [-0.3, -0.25) is 0 Å². The Kier molecular flexibility index (Phi) is 6.19. The fourth-order valence-corrected chi connectivity index (χ4v) is 1.78. The summed E-state index contributed by atoms with van der Waals surface area (Å²) in [6.45, 7) is 4.47. The molecule has 0 saturated carbocycles. The van der Waals surface area contributed by atoms with Gasteiger partial charge in [-0.2, -0.15) is 0 Å². The number of hydrogen-bond donors (Lipinski definition) is 2. The topological polar surface area (TPSA) is 47.3 Å². The van der Waals surface area contributed by atoms with E-state index in [1.165, 1.54) is 5.56 Å². The summed E-state index contributed by atoms with van der Waals surface area (Å²) in [4.78, 5) is 0. The van der Waals surface area contributed by atoms with E-state index in [0.717, 1.165) is 26.0 Å². The number of nitrogens with two attached hydrogens (primary N) is 1. The zero-order valence-corrected chi connectivity index (χ0v) is 10.9. The Labute approximate surface area is 104 Å². The molecule has 0 fully saturated rings. The van der Waals surface area contributed by atoms with Crippen LogP contribution in [-0.4, -0.2) is 25.8 Å². The Morgan fingerprint density at radius 2 is 2.00 bits per heavy atom. The molecule has 0 aromatic heterocycles. The lowest BCUT2D eigenvalue weighted by Crippen LogP contribution is -2.48.